The van der Waals surface area contributed by atoms with Crippen LogP contribution in [-0.2, 0) is 4.74 Å². The Balaban J connectivity index is 2.46. The lowest BCUT2D eigenvalue weighted by Crippen LogP contribution is -2.32. The zero-order valence-corrected chi connectivity index (χ0v) is 12.8. The maximum Gasteiger partial charge on any atom is 0.407 e. The molecule has 6 heteroatoms. The monoisotopic (exact) mass is 298 g/mol. The fourth-order valence-electron chi connectivity index (χ4n) is 1.33. The molecule has 0 aliphatic carbocycles. The highest BCUT2D eigenvalue weighted by Crippen LogP contribution is 2.22. The molecule has 0 aromatic carbocycles. The van der Waals surface area contributed by atoms with Crippen molar-refractivity contribution < 1.29 is 14.3 Å². The van der Waals surface area contributed by atoms with Crippen LogP contribution in [0.1, 0.15) is 26.3 Å². The number of methoxy groups -OCH3 is 1. The molecule has 0 fully saturated rings. The van der Waals surface area contributed by atoms with Gasteiger partial charge in [-0.2, -0.15) is 0 Å². The Morgan fingerprint density at radius 1 is 1.50 bits per heavy atom. The SMILES string of the molecule is COc1ncc(C=CCNC(=O)OC(C)(C)C)cc1Cl. The van der Waals surface area contributed by atoms with Gasteiger partial charge >= 0.3 is 6.09 Å². The third-order valence-electron chi connectivity index (χ3n) is 2.10. The third-order valence-corrected chi connectivity index (χ3v) is 2.37. The third kappa shape index (κ3) is 5.93. The van der Waals surface area contributed by atoms with E-state index in [2.05, 4.69) is 10.3 Å². The van der Waals surface area contributed by atoms with Crippen molar-refractivity contribution in [2.24, 2.45) is 0 Å². The van der Waals surface area contributed by atoms with Crippen molar-refractivity contribution >= 4 is 23.8 Å². The van der Waals surface area contributed by atoms with Crippen LogP contribution in [0.25, 0.3) is 6.08 Å². The molecule has 0 aliphatic rings. The summed E-state index contributed by atoms with van der Waals surface area (Å²) in [7, 11) is 1.51. The second kappa shape index (κ2) is 7.14. The number of amides is 1. The van der Waals surface area contributed by atoms with Crippen molar-refractivity contribution in [3.63, 3.8) is 0 Å². The number of aromatic nitrogens is 1. The van der Waals surface area contributed by atoms with Gasteiger partial charge < -0.3 is 14.8 Å². The lowest BCUT2D eigenvalue weighted by molar-refractivity contribution is 0.0534. The van der Waals surface area contributed by atoms with Crippen LogP contribution < -0.4 is 10.1 Å². The molecule has 1 N–H and O–H groups in total. The van der Waals surface area contributed by atoms with E-state index in [0.717, 1.165) is 5.56 Å². The van der Waals surface area contributed by atoms with Gasteiger partial charge in [0.2, 0.25) is 5.88 Å². The quantitative estimate of drug-likeness (QED) is 0.926. The molecule has 110 valence electrons. The Morgan fingerprint density at radius 3 is 2.75 bits per heavy atom. The molecule has 1 aromatic rings. The minimum atomic E-state index is -0.499. The van der Waals surface area contributed by atoms with Crippen LogP contribution in [0.5, 0.6) is 5.88 Å². The highest BCUT2D eigenvalue weighted by molar-refractivity contribution is 6.31. The summed E-state index contributed by atoms with van der Waals surface area (Å²) in [4.78, 5) is 15.4. The highest BCUT2D eigenvalue weighted by Gasteiger charge is 2.14. The highest BCUT2D eigenvalue weighted by atomic mass is 35.5. The van der Waals surface area contributed by atoms with Crippen LogP contribution in [0.15, 0.2) is 18.3 Å². The molecule has 0 saturated carbocycles. The number of carbonyl (C=O) groups is 1. The van der Waals surface area contributed by atoms with Crippen LogP contribution in [0.3, 0.4) is 0 Å². The Bertz CT molecular complexity index is 496. The topological polar surface area (TPSA) is 60.5 Å². The number of rotatable bonds is 4. The predicted molar refractivity (Wildman–Crippen MR) is 79.1 cm³/mol. The van der Waals surface area contributed by atoms with Gasteiger partial charge in [-0.1, -0.05) is 23.8 Å². The number of nitrogens with zero attached hydrogens (tertiary/aromatic N) is 1. The molecule has 0 spiro atoms. The van der Waals surface area contributed by atoms with Crippen LogP contribution >= 0.6 is 11.6 Å². The molecule has 0 aliphatic heterocycles. The predicted octanol–water partition coefficient (Wildman–Crippen LogP) is 3.28. The van der Waals surface area contributed by atoms with E-state index in [1.807, 2.05) is 20.8 Å². The molecular weight excluding hydrogens is 280 g/mol. The van der Waals surface area contributed by atoms with Crippen molar-refractivity contribution in [3.8, 4) is 5.88 Å². The fraction of sp³-hybridized carbons (Fsp3) is 0.429. The summed E-state index contributed by atoms with van der Waals surface area (Å²) >= 11 is 5.95. The van der Waals surface area contributed by atoms with E-state index in [-0.39, 0.29) is 0 Å². The minimum absolute atomic E-state index is 0.360. The number of halogens is 1. The minimum Gasteiger partial charge on any atom is -0.480 e. The summed E-state index contributed by atoms with van der Waals surface area (Å²) < 4.78 is 10.1. The molecule has 20 heavy (non-hydrogen) atoms. The number of hydrogen-bond acceptors (Lipinski definition) is 4. The van der Waals surface area contributed by atoms with Crippen molar-refractivity contribution in [1.29, 1.82) is 0 Å². The summed E-state index contributed by atoms with van der Waals surface area (Å²) in [5.74, 6) is 0.385. The van der Waals surface area contributed by atoms with Gasteiger partial charge in [0.25, 0.3) is 0 Å². The van der Waals surface area contributed by atoms with E-state index in [9.17, 15) is 4.79 Å². The smallest absolute Gasteiger partial charge is 0.407 e. The lowest BCUT2D eigenvalue weighted by atomic mass is 10.2. The molecule has 0 bridgehead atoms. The Kier molecular flexibility index (Phi) is 5.82. The summed E-state index contributed by atoms with van der Waals surface area (Å²) in [6.45, 7) is 5.80. The normalized spacial score (nSPS) is 11.4. The van der Waals surface area contributed by atoms with E-state index >= 15 is 0 Å². The first-order chi connectivity index (χ1) is 9.31. The molecule has 1 amide bonds. The van der Waals surface area contributed by atoms with Crippen molar-refractivity contribution in [3.05, 3.63) is 28.9 Å². The second-order valence-corrected chi connectivity index (χ2v) is 5.45. The van der Waals surface area contributed by atoms with Gasteiger partial charge in [0.15, 0.2) is 0 Å². The molecule has 0 radical (unpaired) electrons. The fourth-order valence-corrected chi connectivity index (χ4v) is 1.58. The van der Waals surface area contributed by atoms with E-state index in [1.54, 1.807) is 24.4 Å². The molecule has 1 aromatic heterocycles. The number of nitrogens with one attached hydrogen (secondary N) is 1. The summed E-state index contributed by atoms with van der Waals surface area (Å²) in [6, 6.07) is 1.73. The lowest BCUT2D eigenvalue weighted by Gasteiger charge is -2.19. The Labute approximate surface area is 123 Å². The van der Waals surface area contributed by atoms with Gasteiger partial charge in [-0.05, 0) is 32.4 Å². The maximum atomic E-state index is 11.4. The average molecular weight is 299 g/mol. The van der Waals surface area contributed by atoms with E-state index < -0.39 is 11.7 Å². The molecule has 5 nitrogen and oxygen atoms in total. The molecule has 0 unspecified atom stereocenters. The molecule has 1 heterocycles. The van der Waals surface area contributed by atoms with Crippen LogP contribution in [0.4, 0.5) is 4.79 Å². The van der Waals surface area contributed by atoms with E-state index in [1.165, 1.54) is 7.11 Å². The maximum absolute atomic E-state index is 11.4. The summed E-state index contributed by atoms with van der Waals surface area (Å²) in [6.07, 6.45) is 4.77. The molecule has 0 saturated heterocycles. The van der Waals surface area contributed by atoms with Crippen LogP contribution in [-0.4, -0.2) is 30.3 Å². The first-order valence-corrected chi connectivity index (χ1v) is 6.52. The van der Waals surface area contributed by atoms with Gasteiger partial charge in [0.05, 0.1) is 7.11 Å². The average Bonchev–Trinajstić information content (AvgIpc) is 2.33. The van der Waals surface area contributed by atoms with Gasteiger partial charge in [0, 0.05) is 12.7 Å². The first-order valence-electron chi connectivity index (χ1n) is 6.15. The Hall–Kier alpha value is -1.75. The Morgan fingerprint density at radius 2 is 2.20 bits per heavy atom. The number of alkyl carbamates (subject to hydrolysis) is 1. The van der Waals surface area contributed by atoms with Gasteiger partial charge in [0.1, 0.15) is 10.6 Å². The first kappa shape index (κ1) is 16.3. The van der Waals surface area contributed by atoms with Crippen molar-refractivity contribution in [1.82, 2.24) is 10.3 Å². The van der Waals surface area contributed by atoms with E-state index in [4.69, 9.17) is 21.1 Å². The number of carbonyl (C=O) groups excluding carboxylic acids is 1. The van der Waals surface area contributed by atoms with Crippen molar-refractivity contribution in [2.45, 2.75) is 26.4 Å². The standard InChI is InChI=1S/C14H19ClN2O3/c1-14(2,3)20-13(18)16-7-5-6-10-8-11(15)12(19-4)17-9-10/h5-6,8-9H,7H2,1-4H3,(H,16,18). The van der Waals surface area contributed by atoms with Gasteiger partial charge in [-0.25, -0.2) is 9.78 Å². The van der Waals surface area contributed by atoms with Gasteiger partial charge in [-0.15, -0.1) is 0 Å². The van der Waals surface area contributed by atoms with E-state index in [0.29, 0.717) is 17.4 Å². The summed E-state index contributed by atoms with van der Waals surface area (Å²) in [5, 5.41) is 3.06. The molecular formula is C14H19ClN2O3. The zero-order valence-electron chi connectivity index (χ0n) is 12.1. The molecule has 0 atom stereocenters. The molecule has 1 rings (SSSR count). The largest absolute Gasteiger partial charge is 0.480 e. The number of hydrogen-bond donors (Lipinski definition) is 1. The van der Waals surface area contributed by atoms with Crippen LogP contribution in [0, 0.1) is 0 Å². The number of pyridine rings is 1. The van der Waals surface area contributed by atoms with Crippen molar-refractivity contribution in [2.75, 3.05) is 13.7 Å². The zero-order chi connectivity index (χ0) is 15.2. The second-order valence-electron chi connectivity index (χ2n) is 5.04. The summed E-state index contributed by atoms with van der Waals surface area (Å²) in [5.41, 5.74) is 0.322. The number of ether oxygens (including phenoxy) is 2. The van der Waals surface area contributed by atoms with Crippen LogP contribution in [0.2, 0.25) is 5.02 Å². The van der Waals surface area contributed by atoms with Gasteiger partial charge in [-0.3, -0.25) is 0 Å².